The Morgan fingerprint density at radius 3 is 2.74 bits per heavy atom. The van der Waals surface area contributed by atoms with Crippen molar-refractivity contribution < 1.29 is 4.74 Å². The molecule has 1 aliphatic carbocycles. The van der Waals surface area contributed by atoms with E-state index in [0.29, 0.717) is 5.11 Å². The summed E-state index contributed by atoms with van der Waals surface area (Å²) in [7, 11) is 1.71. The van der Waals surface area contributed by atoms with Crippen molar-refractivity contribution in [1.82, 2.24) is 5.32 Å². The van der Waals surface area contributed by atoms with E-state index < -0.39 is 0 Å². The van der Waals surface area contributed by atoms with Crippen LogP contribution in [0.25, 0.3) is 0 Å². The number of benzene rings is 2. The number of hydrogen-bond donors (Lipinski definition) is 2. The smallest absolute Gasteiger partial charge is 0.171 e. The van der Waals surface area contributed by atoms with Gasteiger partial charge in [0.25, 0.3) is 0 Å². The second-order valence-electron chi connectivity index (χ2n) is 5.61. The molecular formula is C18H19BrN2OS. The largest absolute Gasteiger partial charge is 0.497 e. The minimum atomic E-state index is 0.250. The third kappa shape index (κ3) is 4.03. The second kappa shape index (κ2) is 7.32. The lowest BCUT2D eigenvalue weighted by Crippen LogP contribution is -2.34. The molecule has 0 aliphatic heterocycles. The van der Waals surface area contributed by atoms with Gasteiger partial charge in [-0.25, -0.2) is 0 Å². The molecule has 0 amide bonds. The summed E-state index contributed by atoms with van der Waals surface area (Å²) in [5, 5.41) is 7.34. The number of hydrogen-bond acceptors (Lipinski definition) is 2. The van der Waals surface area contributed by atoms with Crippen molar-refractivity contribution in [2.45, 2.75) is 25.3 Å². The Morgan fingerprint density at radius 2 is 2.00 bits per heavy atom. The van der Waals surface area contributed by atoms with E-state index in [0.717, 1.165) is 35.2 Å². The number of nitrogens with one attached hydrogen (secondary N) is 2. The second-order valence-corrected chi connectivity index (χ2v) is 6.94. The van der Waals surface area contributed by atoms with Crippen LogP contribution in [-0.2, 0) is 6.42 Å². The van der Waals surface area contributed by atoms with Gasteiger partial charge >= 0.3 is 0 Å². The summed E-state index contributed by atoms with van der Waals surface area (Å²) in [6.07, 6.45) is 3.33. The maximum Gasteiger partial charge on any atom is 0.171 e. The fourth-order valence-corrected chi connectivity index (χ4v) is 3.45. The first-order chi connectivity index (χ1) is 11.2. The van der Waals surface area contributed by atoms with Crippen molar-refractivity contribution >= 4 is 38.9 Å². The van der Waals surface area contributed by atoms with Gasteiger partial charge in [0.05, 0.1) is 13.2 Å². The number of aryl methyl sites for hydroxylation is 1. The van der Waals surface area contributed by atoms with Crippen molar-refractivity contribution in [3.05, 3.63) is 58.1 Å². The summed E-state index contributed by atoms with van der Waals surface area (Å²) < 4.78 is 6.38. The molecule has 5 heteroatoms. The molecule has 2 N–H and O–H groups in total. The van der Waals surface area contributed by atoms with Gasteiger partial charge in [0.1, 0.15) is 5.75 Å². The molecule has 3 rings (SSSR count). The zero-order chi connectivity index (χ0) is 16.2. The number of methoxy groups -OCH3 is 1. The van der Waals surface area contributed by atoms with Crippen molar-refractivity contribution in [1.29, 1.82) is 0 Å². The predicted octanol–water partition coefficient (Wildman–Crippen LogP) is 4.82. The highest BCUT2D eigenvalue weighted by Gasteiger charge is 2.21. The molecule has 1 aliphatic rings. The first kappa shape index (κ1) is 16.3. The molecule has 0 spiro atoms. The quantitative estimate of drug-likeness (QED) is 0.735. The Labute approximate surface area is 150 Å². The van der Waals surface area contributed by atoms with Crippen LogP contribution in [0.5, 0.6) is 5.75 Å². The van der Waals surface area contributed by atoms with Crippen LogP contribution >= 0.6 is 28.1 Å². The van der Waals surface area contributed by atoms with E-state index in [1.54, 1.807) is 7.11 Å². The van der Waals surface area contributed by atoms with Gasteiger partial charge in [0.15, 0.2) is 5.11 Å². The molecule has 2 aromatic carbocycles. The Balaban J connectivity index is 1.69. The number of ether oxygens (including phenoxy) is 1. The highest BCUT2D eigenvalue weighted by molar-refractivity contribution is 9.10. The summed E-state index contributed by atoms with van der Waals surface area (Å²) in [6.45, 7) is 0. The van der Waals surface area contributed by atoms with Crippen molar-refractivity contribution in [2.24, 2.45) is 0 Å². The zero-order valence-corrected chi connectivity index (χ0v) is 15.3. The average Bonchev–Trinajstić information content (AvgIpc) is 2.56. The van der Waals surface area contributed by atoms with Crippen LogP contribution in [-0.4, -0.2) is 12.2 Å². The number of fused-ring (bicyclic) bond motifs is 1. The Bertz CT molecular complexity index is 703. The summed E-state index contributed by atoms with van der Waals surface area (Å²) in [4.78, 5) is 0. The molecule has 0 unspecified atom stereocenters. The van der Waals surface area contributed by atoms with Crippen molar-refractivity contribution in [3.8, 4) is 5.75 Å². The maximum absolute atomic E-state index is 5.47. The first-order valence-electron chi connectivity index (χ1n) is 7.65. The monoisotopic (exact) mass is 390 g/mol. The van der Waals surface area contributed by atoms with E-state index in [4.69, 9.17) is 17.0 Å². The van der Waals surface area contributed by atoms with Gasteiger partial charge < -0.3 is 15.4 Å². The van der Waals surface area contributed by atoms with E-state index in [2.05, 4.69) is 38.7 Å². The maximum atomic E-state index is 5.47. The Morgan fingerprint density at radius 1 is 1.22 bits per heavy atom. The lowest BCUT2D eigenvalue weighted by Gasteiger charge is -2.28. The summed E-state index contributed by atoms with van der Waals surface area (Å²) in [5.74, 6) is 0.917. The molecular weight excluding hydrogens is 372 g/mol. The third-order valence-corrected chi connectivity index (χ3v) is 4.82. The fourth-order valence-electron chi connectivity index (χ4n) is 2.93. The molecule has 0 heterocycles. The molecule has 0 bridgehead atoms. The summed E-state index contributed by atoms with van der Waals surface area (Å²) in [5.41, 5.74) is 3.65. The van der Waals surface area contributed by atoms with Gasteiger partial charge in [-0.1, -0.05) is 22.0 Å². The SMILES string of the molecule is COc1ccc2c(c1)CCC[C@@H]2NC(=S)Nc1ccc(Br)cc1. The van der Waals surface area contributed by atoms with Gasteiger partial charge in [0.2, 0.25) is 0 Å². The van der Waals surface area contributed by atoms with Crippen LogP contribution in [0.1, 0.15) is 30.0 Å². The van der Waals surface area contributed by atoms with Crippen LogP contribution in [0.3, 0.4) is 0 Å². The highest BCUT2D eigenvalue weighted by atomic mass is 79.9. The minimum Gasteiger partial charge on any atom is -0.497 e. The molecule has 3 nitrogen and oxygen atoms in total. The molecule has 0 saturated carbocycles. The van der Waals surface area contributed by atoms with Gasteiger partial charge in [-0.2, -0.15) is 0 Å². The molecule has 1 atom stereocenters. The number of thiocarbonyl (C=S) groups is 1. The van der Waals surface area contributed by atoms with Crippen LogP contribution < -0.4 is 15.4 Å². The minimum absolute atomic E-state index is 0.250. The van der Waals surface area contributed by atoms with Gasteiger partial charge in [-0.3, -0.25) is 0 Å². The lowest BCUT2D eigenvalue weighted by molar-refractivity contribution is 0.412. The molecule has 0 fully saturated rings. The molecule has 2 aromatic rings. The van der Waals surface area contributed by atoms with Gasteiger partial charge in [-0.15, -0.1) is 0 Å². The van der Waals surface area contributed by atoms with Crippen LogP contribution in [0.15, 0.2) is 46.9 Å². The lowest BCUT2D eigenvalue weighted by atomic mass is 9.87. The molecule has 0 radical (unpaired) electrons. The third-order valence-electron chi connectivity index (χ3n) is 4.07. The number of anilines is 1. The average molecular weight is 391 g/mol. The Hall–Kier alpha value is -1.59. The zero-order valence-electron chi connectivity index (χ0n) is 12.9. The van der Waals surface area contributed by atoms with E-state index in [-0.39, 0.29) is 6.04 Å². The van der Waals surface area contributed by atoms with E-state index in [1.807, 2.05) is 30.3 Å². The number of rotatable bonds is 3. The van der Waals surface area contributed by atoms with Crippen LogP contribution in [0.2, 0.25) is 0 Å². The van der Waals surface area contributed by atoms with Gasteiger partial charge in [0, 0.05) is 10.2 Å². The Kier molecular flexibility index (Phi) is 5.18. The van der Waals surface area contributed by atoms with E-state index in [1.165, 1.54) is 11.1 Å². The van der Waals surface area contributed by atoms with Crippen molar-refractivity contribution in [2.75, 3.05) is 12.4 Å². The van der Waals surface area contributed by atoms with E-state index >= 15 is 0 Å². The van der Waals surface area contributed by atoms with Crippen LogP contribution in [0.4, 0.5) is 5.69 Å². The number of halogens is 1. The fraction of sp³-hybridized carbons (Fsp3) is 0.278. The molecule has 0 aromatic heterocycles. The standard InChI is InChI=1S/C18H19BrN2OS/c1-22-15-9-10-16-12(11-15)3-2-4-17(16)21-18(23)20-14-7-5-13(19)6-8-14/h5-11,17H,2-4H2,1H3,(H2,20,21,23)/t17-/m0/s1. The summed E-state index contributed by atoms with van der Waals surface area (Å²) in [6, 6.07) is 14.5. The summed E-state index contributed by atoms with van der Waals surface area (Å²) >= 11 is 8.90. The molecule has 0 saturated heterocycles. The molecule has 23 heavy (non-hydrogen) atoms. The van der Waals surface area contributed by atoms with Crippen LogP contribution in [0, 0.1) is 0 Å². The van der Waals surface area contributed by atoms with Crippen molar-refractivity contribution in [3.63, 3.8) is 0 Å². The normalized spacial score (nSPS) is 16.3. The topological polar surface area (TPSA) is 33.3 Å². The highest BCUT2D eigenvalue weighted by Crippen LogP contribution is 2.32. The van der Waals surface area contributed by atoms with E-state index in [9.17, 15) is 0 Å². The first-order valence-corrected chi connectivity index (χ1v) is 8.86. The van der Waals surface area contributed by atoms with Gasteiger partial charge in [-0.05, 0) is 79.0 Å². The molecule has 120 valence electrons. The predicted molar refractivity (Wildman–Crippen MR) is 102 cm³/mol.